The van der Waals surface area contributed by atoms with Gasteiger partial charge in [-0.25, -0.2) is 4.79 Å². The molecule has 5 heteroatoms. The molecular weight excluding hydrogens is 284 g/mol. The minimum Gasteiger partial charge on any atom is -0.461 e. The van der Waals surface area contributed by atoms with Crippen LogP contribution in [0.4, 0.5) is 0 Å². The lowest BCUT2D eigenvalue weighted by atomic mass is 9.82. The first-order valence-electron chi connectivity index (χ1n) is 7.72. The van der Waals surface area contributed by atoms with E-state index in [4.69, 9.17) is 14.2 Å². The van der Waals surface area contributed by atoms with E-state index in [1.165, 1.54) is 6.92 Å². The number of esters is 2. The van der Waals surface area contributed by atoms with Crippen LogP contribution in [0.3, 0.4) is 0 Å². The average Bonchev–Trinajstić information content (AvgIpc) is 2.98. The summed E-state index contributed by atoms with van der Waals surface area (Å²) in [6.07, 6.45) is 3.52. The number of hydrogen-bond acceptors (Lipinski definition) is 5. The van der Waals surface area contributed by atoms with Gasteiger partial charge in [-0.05, 0) is 26.7 Å². The summed E-state index contributed by atoms with van der Waals surface area (Å²) in [6, 6.07) is 0. The Morgan fingerprint density at radius 1 is 1.50 bits per heavy atom. The number of ether oxygens (including phenoxy) is 3. The van der Waals surface area contributed by atoms with E-state index in [9.17, 15) is 9.59 Å². The van der Waals surface area contributed by atoms with E-state index in [2.05, 4.69) is 12.7 Å². The zero-order valence-electron chi connectivity index (χ0n) is 13.3. The topological polar surface area (TPSA) is 65.1 Å². The lowest BCUT2D eigenvalue weighted by Gasteiger charge is -2.27. The summed E-state index contributed by atoms with van der Waals surface area (Å²) >= 11 is 0. The molecule has 5 atom stereocenters. The molecule has 3 aliphatic rings. The van der Waals surface area contributed by atoms with Crippen LogP contribution < -0.4 is 0 Å². The van der Waals surface area contributed by atoms with Gasteiger partial charge in [-0.15, -0.1) is 0 Å². The number of allylic oxidation sites excluding steroid dienone is 1. The monoisotopic (exact) mass is 306 g/mol. The molecule has 0 saturated carbocycles. The van der Waals surface area contributed by atoms with Gasteiger partial charge in [0.25, 0.3) is 0 Å². The molecule has 2 aliphatic heterocycles. The van der Waals surface area contributed by atoms with Crippen molar-refractivity contribution in [3.63, 3.8) is 0 Å². The van der Waals surface area contributed by atoms with Crippen LogP contribution in [0.5, 0.6) is 0 Å². The van der Waals surface area contributed by atoms with Gasteiger partial charge in [0.2, 0.25) is 0 Å². The van der Waals surface area contributed by atoms with E-state index in [0.29, 0.717) is 12.0 Å². The standard InChI is InChI=1S/C17H22O5/c1-9-6-5-7-17(4)15(22-17)14-13(10(2)16(19)21-14)12(8-9)20-11(3)18/h6,12-15H,2,5,7-8H2,1,3-4H3/b9-6+/t12-,13-,14+,15-,17-/m1/s1. The van der Waals surface area contributed by atoms with Crippen molar-refractivity contribution in [3.05, 3.63) is 23.8 Å². The van der Waals surface area contributed by atoms with Crippen LogP contribution in [-0.4, -0.2) is 35.9 Å². The lowest BCUT2D eigenvalue weighted by molar-refractivity contribution is -0.150. The van der Waals surface area contributed by atoms with Crippen molar-refractivity contribution < 1.29 is 23.8 Å². The highest BCUT2D eigenvalue weighted by Crippen LogP contribution is 2.50. The molecule has 0 aromatic heterocycles. The second-order valence-corrected chi connectivity index (χ2v) is 6.71. The highest BCUT2D eigenvalue weighted by molar-refractivity contribution is 5.91. The highest BCUT2D eigenvalue weighted by atomic mass is 16.6. The number of carbonyl (C=O) groups is 2. The maximum atomic E-state index is 12.0. The number of carbonyl (C=O) groups excluding carboxylic acids is 2. The number of rotatable bonds is 1. The van der Waals surface area contributed by atoms with Gasteiger partial charge in [0.1, 0.15) is 18.3 Å². The van der Waals surface area contributed by atoms with Crippen LogP contribution in [0.1, 0.15) is 40.0 Å². The Hall–Kier alpha value is -1.62. The van der Waals surface area contributed by atoms with E-state index < -0.39 is 18.2 Å². The first kappa shape index (κ1) is 15.3. The molecule has 3 rings (SSSR count). The van der Waals surface area contributed by atoms with Crippen LogP contribution in [0.25, 0.3) is 0 Å². The fourth-order valence-electron chi connectivity index (χ4n) is 3.63. The predicted molar refractivity (Wildman–Crippen MR) is 79.0 cm³/mol. The molecule has 0 unspecified atom stereocenters. The molecule has 5 nitrogen and oxygen atoms in total. The molecule has 0 spiro atoms. The van der Waals surface area contributed by atoms with Crippen LogP contribution >= 0.6 is 0 Å². The summed E-state index contributed by atoms with van der Waals surface area (Å²) in [4.78, 5) is 23.5. The molecule has 120 valence electrons. The van der Waals surface area contributed by atoms with Gasteiger partial charge in [0.15, 0.2) is 0 Å². The van der Waals surface area contributed by atoms with Gasteiger partial charge in [-0.1, -0.05) is 18.2 Å². The zero-order valence-corrected chi connectivity index (χ0v) is 13.3. The van der Waals surface area contributed by atoms with Crippen molar-refractivity contribution in [2.45, 2.75) is 63.9 Å². The van der Waals surface area contributed by atoms with Crippen LogP contribution in [0.15, 0.2) is 23.8 Å². The van der Waals surface area contributed by atoms with Crippen LogP contribution in [-0.2, 0) is 23.8 Å². The minimum absolute atomic E-state index is 0.148. The Kier molecular flexibility index (Phi) is 3.63. The Morgan fingerprint density at radius 3 is 2.91 bits per heavy atom. The Labute approximate surface area is 130 Å². The van der Waals surface area contributed by atoms with Crippen molar-refractivity contribution in [2.75, 3.05) is 0 Å². The lowest BCUT2D eigenvalue weighted by Crippen LogP contribution is -2.38. The quantitative estimate of drug-likeness (QED) is 0.322. The van der Waals surface area contributed by atoms with Crippen LogP contribution in [0.2, 0.25) is 0 Å². The van der Waals surface area contributed by atoms with Gasteiger partial charge >= 0.3 is 11.9 Å². The average molecular weight is 306 g/mol. The van der Waals surface area contributed by atoms with Crippen molar-refractivity contribution in [1.29, 1.82) is 0 Å². The maximum absolute atomic E-state index is 12.0. The highest BCUT2D eigenvalue weighted by Gasteiger charge is 2.63. The third-order valence-electron chi connectivity index (χ3n) is 4.88. The first-order chi connectivity index (χ1) is 10.3. The molecule has 0 bridgehead atoms. The summed E-state index contributed by atoms with van der Waals surface area (Å²) in [5.74, 6) is -1.12. The number of hydrogen-bond donors (Lipinski definition) is 0. The van der Waals surface area contributed by atoms with Gasteiger partial charge in [-0.2, -0.15) is 0 Å². The first-order valence-corrected chi connectivity index (χ1v) is 7.72. The molecule has 0 aromatic rings. The van der Waals surface area contributed by atoms with Crippen LogP contribution in [0, 0.1) is 5.92 Å². The molecule has 2 saturated heterocycles. The zero-order chi connectivity index (χ0) is 16.1. The normalized spacial score (nSPS) is 43.3. The maximum Gasteiger partial charge on any atom is 0.334 e. The SMILES string of the molecule is C=C1C(=O)O[C@H]2[C@H]1[C@H](OC(C)=O)C/C(C)=C/CC[C@@]1(C)O[C@H]21. The van der Waals surface area contributed by atoms with E-state index >= 15 is 0 Å². The fourth-order valence-corrected chi connectivity index (χ4v) is 3.63. The molecule has 2 fully saturated rings. The Bertz CT molecular complexity index is 563. The summed E-state index contributed by atoms with van der Waals surface area (Å²) in [5.41, 5.74) is 1.24. The summed E-state index contributed by atoms with van der Waals surface area (Å²) in [6.45, 7) is 9.30. The van der Waals surface area contributed by atoms with Gasteiger partial charge < -0.3 is 14.2 Å². The smallest absolute Gasteiger partial charge is 0.334 e. The van der Waals surface area contributed by atoms with Gasteiger partial charge in [0.05, 0.1) is 11.5 Å². The summed E-state index contributed by atoms with van der Waals surface area (Å²) < 4.78 is 16.8. The second kappa shape index (κ2) is 5.23. The molecule has 1 aliphatic carbocycles. The molecule has 0 amide bonds. The summed E-state index contributed by atoms with van der Waals surface area (Å²) in [7, 11) is 0. The minimum atomic E-state index is -0.441. The van der Waals surface area contributed by atoms with Gasteiger partial charge in [-0.3, -0.25) is 4.79 Å². The number of fused-ring (bicyclic) bond motifs is 3. The predicted octanol–water partition coefficient (Wildman–Crippen LogP) is 2.30. The largest absolute Gasteiger partial charge is 0.461 e. The molecule has 22 heavy (non-hydrogen) atoms. The number of epoxide rings is 1. The third kappa shape index (κ3) is 2.58. The molecule has 0 N–H and O–H groups in total. The van der Waals surface area contributed by atoms with Gasteiger partial charge in [0, 0.05) is 18.9 Å². The van der Waals surface area contributed by atoms with E-state index in [-0.39, 0.29) is 23.6 Å². The Morgan fingerprint density at radius 2 is 2.23 bits per heavy atom. The van der Waals surface area contributed by atoms with Crippen molar-refractivity contribution in [2.24, 2.45) is 5.92 Å². The summed E-state index contributed by atoms with van der Waals surface area (Å²) in [5, 5.41) is 0. The fraction of sp³-hybridized carbons (Fsp3) is 0.647. The van der Waals surface area contributed by atoms with E-state index in [0.717, 1.165) is 18.4 Å². The molecular formula is C17H22O5. The van der Waals surface area contributed by atoms with E-state index in [1.54, 1.807) is 0 Å². The third-order valence-corrected chi connectivity index (χ3v) is 4.88. The van der Waals surface area contributed by atoms with Crippen molar-refractivity contribution in [1.82, 2.24) is 0 Å². The molecule has 0 aromatic carbocycles. The van der Waals surface area contributed by atoms with Crippen molar-refractivity contribution >= 4 is 11.9 Å². The Balaban J connectivity index is 1.96. The van der Waals surface area contributed by atoms with Crippen molar-refractivity contribution in [3.8, 4) is 0 Å². The molecule has 0 radical (unpaired) electrons. The second-order valence-electron chi connectivity index (χ2n) is 6.71. The van der Waals surface area contributed by atoms with E-state index in [1.807, 2.05) is 13.8 Å². The molecule has 2 heterocycles.